The lowest BCUT2D eigenvalue weighted by Crippen LogP contribution is -2.55. The third-order valence-electron chi connectivity index (χ3n) is 5.57. The number of sulfonamides is 1. The molecule has 0 radical (unpaired) electrons. The summed E-state index contributed by atoms with van der Waals surface area (Å²) in [6.45, 7) is 1.27. The van der Waals surface area contributed by atoms with Crippen molar-refractivity contribution in [3.63, 3.8) is 0 Å². The number of rotatable bonds is 6. The average Bonchev–Trinajstić information content (AvgIpc) is 3.49. The number of aliphatic hydroxyl groups is 1. The molecule has 11 nitrogen and oxygen atoms in total. The molecule has 0 bridgehead atoms. The summed E-state index contributed by atoms with van der Waals surface area (Å²) in [5.74, 6) is 0.167. The first-order chi connectivity index (χ1) is 17.3. The largest absolute Gasteiger partial charge is 0.504 e. The zero-order chi connectivity index (χ0) is 27.1. The van der Waals surface area contributed by atoms with Crippen LogP contribution in [0.1, 0.15) is 21.6 Å². The number of aromatic hydroxyl groups is 4. The van der Waals surface area contributed by atoms with Gasteiger partial charge in [0, 0.05) is 29.1 Å². The van der Waals surface area contributed by atoms with Crippen LogP contribution in [-0.2, 0) is 21.2 Å². The average molecular weight is 545 g/mol. The molecule has 0 spiro atoms. The van der Waals surface area contributed by atoms with Crippen molar-refractivity contribution in [3.05, 3.63) is 64.2 Å². The summed E-state index contributed by atoms with van der Waals surface area (Å²) in [6, 6.07) is 9.35. The molecule has 2 heterocycles. The molecule has 192 valence electrons. The molecule has 0 aliphatic carbocycles. The van der Waals surface area contributed by atoms with Gasteiger partial charge in [0.2, 0.25) is 5.72 Å². The van der Waals surface area contributed by atoms with Crippen molar-refractivity contribution in [3.8, 4) is 34.8 Å². The van der Waals surface area contributed by atoms with Crippen molar-refractivity contribution < 1.29 is 43.9 Å². The fourth-order valence-electron chi connectivity index (χ4n) is 3.57. The molecular formula is C24H20N2O9S2. The Hall–Kier alpha value is -4.22. The number of fused-ring (bicyclic) bond motifs is 1. The number of para-hydroxylation sites is 1. The van der Waals surface area contributed by atoms with Crippen LogP contribution < -0.4 is 4.72 Å². The third-order valence-corrected chi connectivity index (χ3v) is 8.54. The Bertz CT molecular complexity index is 1680. The van der Waals surface area contributed by atoms with E-state index in [0.29, 0.717) is 27.8 Å². The summed E-state index contributed by atoms with van der Waals surface area (Å²) >= 11 is 0.623. The van der Waals surface area contributed by atoms with Crippen molar-refractivity contribution in [2.24, 2.45) is 0 Å². The van der Waals surface area contributed by atoms with Gasteiger partial charge in [-0.25, -0.2) is 13.2 Å². The Morgan fingerprint density at radius 3 is 2.32 bits per heavy atom. The van der Waals surface area contributed by atoms with Gasteiger partial charge in [-0.15, -0.1) is 11.3 Å². The van der Waals surface area contributed by atoms with E-state index >= 15 is 0 Å². The van der Waals surface area contributed by atoms with Crippen molar-refractivity contribution in [2.45, 2.75) is 23.3 Å². The first kappa shape index (κ1) is 25.9. The number of nitrogens with one attached hydrogen (secondary N) is 2. The van der Waals surface area contributed by atoms with Crippen molar-refractivity contribution in [1.29, 1.82) is 0 Å². The van der Waals surface area contributed by atoms with Crippen molar-refractivity contribution in [2.75, 3.05) is 0 Å². The van der Waals surface area contributed by atoms with E-state index in [1.807, 2.05) is 4.72 Å². The van der Waals surface area contributed by atoms with Crippen LogP contribution in [0.15, 0.2) is 46.8 Å². The smallest absolute Gasteiger partial charge is 0.352 e. The summed E-state index contributed by atoms with van der Waals surface area (Å²) in [6.07, 6.45) is 0.916. The summed E-state index contributed by atoms with van der Waals surface area (Å²) in [5.41, 5.74) is -2.44. The van der Waals surface area contributed by atoms with Crippen LogP contribution in [-0.4, -0.2) is 55.7 Å². The third kappa shape index (κ3) is 4.78. The van der Waals surface area contributed by atoms with Gasteiger partial charge in [0.05, 0.1) is 4.88 Å². The van der Waals surface area contributed by atoms with E-state index in [2.05, 4.69) is 16.8 Å². The van der Waals surface area contributed by atoms with Gasteiger partial charge in [-0.05, 0) is 30.7 Å². The molecule has 13 heteroatoms. The van der Waals surface area contributed by atoms with Crippen LogP contribution in [0.5, 0.6) is 23.0 Å². The van der Waals surface area contributed by atoms with Gasteiger partial charge >= 0.3 is 5.97 Å². The molecule has 0 saturated heterocycles. The van der Waals surface area contributed by atoms with Crippen LogP contribution in [0.2, 0.25) is 0 Å². The summed E-state index contributed by atoms with van der Waals surface area (Å²) in [4.78, 5) is 15.0. The van der Waals surface area contributed by atoms with Crippen LogP contribution in [0.4, 0.5) is 0 Å². The maximum atomic E-state index is 12.9. The second-order valence-corrected chi connectivity index (χ2v) is 11.1. The highest BCUT2D eigenvalue weighted by atomic mass is 32.2. The predicted molar refractivity (Wildman–Crippen MR) is 133 cm³/mol. The number of H-pyrrole nitrogens is 1. The minimum atomic E-state index is -4.54. The lowest BCUT2D eigenvalue weighted by atomic mass is 10.0. The minimum absolute atomic E-state index is 0.120. The second-order valence-electron chi connectivity index (χ2n) is 8.07. The van der Waals surface area contributed by atoms with Gasteiger partial charge in [0.25, 0.3) is 10.0 Å². The molecule has 1 unspecified atom stereocenters. The van der Waals surface area contributed by atoms with E-state index in [1.165, 1.54) is 19.2 Å². The molecule has 0 aliphatic heterocycles. The van der Waals surface area contributed by atoms with E-state index in [0.717, 1.165) is 6.07 Å². The fraction of sp³-hybridized carbons (Fsp3) is 0.125. The van der Waals surface area contributed by atoms with E-state index in [-0.39, 0.29) is 14.6 Å². The molecule has 0 aliphatic rings. The second kappa shape index (κ2) is 9.34. The zero-order valence-electron chi connectivity index (χ0n) is 19.0. The van der Waals surface area contributed by atoms with Crippen LogP contribution in [0.25, 0.3) is 10.9 Å². The minimum Gasteiger partial charge on any atom is -0.504 e. The van der Waals surface area contributed by atoms with Crippen LogP contribution in [0.3, 0.4) is 0 Å². The number of aliphatic carboxylic acids is 1. The summed E-state index contributed by atoms with van der Waals surface area (Å²) in [7, 11) is -4.54. The lowest BCUT2D eigenvalue weighted by molar-refractivity contribution is -0.159. The highest BCUT2D eigenvalue weighted by molar-refractivity contribution is 7.91. The van der Waals surface area contributed by atoms with Crippen molar-refractivity contribution >= 4 is 38.2 Å². The van der Waals surface area contributed by atoms with Crippen LogP contribution in [0, 0.1) is 18.8 Å². The SMILES string of the molecule is Cc1c(O)c(O)c(C#Cc2ccc(S(=O)(=O)NC(O)(Cc3c[nH]c4ccccc34)C(=O)O)s2)c(O)c1O. The zero-order valence-corrected chi connectivity index (χ0v) is 20.6. The van der Waals surface area contributed by atoms with Gasteiger partial charge < -0.3 is 35.6 Å². The molecule has 2 aromatic carbocycles. The van der Waals surface area contributed by atoms with Gasteiger partial charge in [-0.2, -0.15) is 4.72 Å². The molecule has 2 aromatic heterocycles. The summed E-state index contributed by atoms with van der Waals surface area (Å²) in [5, 5.41) is 60.8. The number of hydrogen-bond acceptors (Lipinski definition) is 9. The van der Waals surface area contributed by atoms with Gasteiger partial charge in [0.1, 0.15) is 9.77 Å². The van der Waals surface area contributed by atoms with Gasteiger partial charge in [0.15, 0.2) is 23.0 Å². The number of thiophene rings is 1. The predicted octanol–water partition coefficient (Wildman–Crippen LogP) is 2.05. The Kier molecular flexibility index (Phi) is 6.53. The molecule has 0 amide bonds. The first-order valence-corrected chi connectivity index (χ1v) is 12.8. The number of benzene rings is 2. The lowest BCUT2D eigenvalue weighted by Gasteiger charge is -2.24. The number of hydrogen-bond donors (Lipinski definition) is 8. The highest BCUT2D eigenvalue weighted by Crippen LogP contribution is 2.45. The number of aromatic amines is 1. The molecule has 0 fully saturated rings. The van der Waals surface area contributed by atoms with Crippen molar-refractivity contribution in [1.82, 2.24) is 9.71 Å². The van der Waals surface area contributed by atoms with Gasteiger partial charge in [-0.3, -0.25) is 0 Å². The molecule has 0 saturated carbocycles. The molecule has 4 rings (SSSR count). The normalized spacial score (nSPS) is 13.1. The number of phenols is 4. The van der Waals surface area contributed by atoms with Gasteiger partial charge in [-0.1, -0.05) is 30.0 Å². The molecule has 4 aromatic rings. The Labute approximate surface area is 214 Å². The number of phenolic OH excluding ortho intramolecular Hbond substituents is 4. The number of aromatic nitrogens is 1. The number of carbonyl (C=O) groups is 1. The Morgan fingerprint density at radius 1 is 1.03 bits per heavy atom. The Balaban J connectivity index is 1.62. The monoisotopic (exact) mass is 544 g/mol. The Morgan fingerprint density at radius 2 is 1.68 bits per heavy atom. The molecule has 37 heavy (non-hydrogen) atoms. The van der Waals surface area contributed by atoms with E-state index in [4.69, 9.17) is 0 Å². The summed E-state index contributed by atoms with van der Waals surface area (Å²) < 4.78 is 27.4. The molecule has 8 N–H and O–H groups in total. The number of carboxylic acid groups (broad SMARTS) is 1. The first-order valence-electron chi connectivity index (χ1n) is 10.5. The quantitative estimate of drug-likeness (QED) is 0.0774. The standard InChI is InChI=1S/C24H20N2O9S2/c1-12-19(27)21(29)16(22(30)20(12)28)8-6-14-7-9-18(36-14)37(34,35)26-24(33,23(31)32)10-13-11-25-17-5-3-2-4-15(13)17/h2-5,7,9,11,25-30,33H,10H2,1H3,(H,31,32). The van der Waals surface area contributed by atoms with Crippen LogP contribution >= 0.6 is 11.3 Å². The maximum absolute atomic E-state index is 12.9. The fourth-order valence-corrected chi connectivity index (χ4v) is 5.95. The molecule has 1 atom stereocenters. The number of carboxylic acids is 1. The van der Waals surface area contributed by atoms with E-state index in [9.17, 15) is 43.9 Å². The molecular weight excluding hydrogens is 524 g/mol. The van der Waals surface area contributed by atoms with E-state index < -0.39 is 56.7 Å². The topological polar surface area (TPSA) is 200 Å². The highest BCUT2D eigenvalue weighted by Gasteiger charge is 2.41. The van der Waals surface area contributed by atoms with E-state index in [1.54, 1.807) is 24.3 Å². The maximum Gasteiger partial charge on any atom is 0.352 e.